The van der Waals surface area contributed by atoms with Crippen LogP contribution < -0.4 is 14.4 Å². The number of imide groups is 1. The summed E-state index contributed by atoms with van der Waals surface area (Å²) in [6, 6.07) is 16.8. The van der Waals surface area contributed by atoms with Gasteiger partial charge in [0.05, 0.1) is 30.4 Å². The van der Waals surface area contributed by atoms with Gasteiger partial charge >= 0.3 is 0 Å². The fraction of sp³-hybridized carbons (Fsp3) is 0.0833. The minimum atomic E-state index is -1.15. The smallest absolute Gasteiger partial charge is 0.272 e. The lowest BCUT2D eigenvalue weighted by atomic mass is 10.1. The fourth-order valence-corrected chi connectivity index (χ4v) is 4.33. The summed E-state index contributed by atoms with van der Waals surface area (Å²) < 4.78 is 37.9. The van der Waals surface area contributed by atoms with Crippen LogP contribution >= 0.6 is 11.8 Å². The van der Waals surface area contributed by atoms with Gasteiger partial charge in [0.25, 0.3) is 11.8 Å². The number of thioether (sulfide) groups is 1. The second-order valence-corrected chi connectivity index (χ2v) is 7.82. The Hall–Kier alpha value is -3.65. The Balaban J connectivity index is 1.85. The zero-order chi connectivity index (χ0) is 22.8. The maximum absolute atomic E-state index is 13.9. The highest BCUT2D eigenvalue weighted by Crippen LogP contribution is 2.43. The monoisotopic (exact) mass is 453 g/mol. The van der Waals surface area contributed by atoms with Crippen molar-refractivity contribution in [2.24, 2.45) is 0 Å². The van der Waals surface area contributed by atoms with E-state index < -0.39 is 23.4 Å². The second-order valence-electron chi connectivity index (χ2n) is 6.73. The molecule has 0 bridgehead atoms. The van der Waals surface area contributed by atoms with Gasteiger partial charge in [-0.2, -0.15) is 0 Å². The Kier molecular flexibility index (Phi) is 5.96. The molecule has 0 saturated carbocycles. The highest BCUT2D eigenvalue weighted by Gasteiger charge is 2.41. The molecule has 0 aliphatic carbocycles. The van der Waals surface area contributed by atoms with Gasteiger partial charge in [-0.3, -0.25) is 9.59 Å². The summed E-state index contributed by atoms with van der Waals surface area (Å²) in [5.41, 5.74) is 0.514. The van der Waals surface area contributed by atoms with Crippen LogP contribution in [0.1, 0.15) is 5.56 Å². The van der Waals surface area contributed by atoms with Gasteiger partial charge in [0, 0.05) is 11.0 Å². The first kappa shape index (κ1) is 21.6. The average molecular weight is 453 g/mol. The highest BCUT2D eigenvalue weighted by molar-refractivity contribution is 8.04. The highest BCUT2D eigenvalue weighted by atomic mass is 32.2. The summed E-state index contributed by atoms with van der Waals surface area (Å²) in [6.07, 6.45) is 0. The van der Waals surface area contributed by atoms with E-state index in [9.17, 15) is 18.4 Å². The van der Waals surface area contributed by atoms with Gasteiger partial charge in [-0.1, -0.05) is 36.0 Å². The predicted octanol–water partition coefficient (Wildman–Crippen LogP) is 5.06. The van der Waals surface area contributed by atoms with Gasteiger partial charge < -0.3 is 9.47 Å². The predicted molar refractivity (Wildman–Crippen MR) is 118 cm³/mol. The van der Waals surface area contributed by atoms with Crippen molar-refractivity contribution in [3.05, 3.63) is 88.8 Å². The van der Waals surface area contributed by atoms with Crippen LogP contribution in [0.3, 0.4) is 0 Å². The first-order valence-electron chi connectivity index (χ1n) is 9.48. The van der Waals surface area contributed by atoms with E-state index in [1.54, 1.807) is 18.2 Å². The Morgan fingerprint density at radius 2 is 1.50 bits per heavy atom. The maximum Gasteiger partial charge on any atom is 0.272 e. The normalized spacial score (nSPS) is 13.7. The van der Waals surface area contributed by atoms with Crippen LogP contribution in [0.2, 0.25) is 0 Å². The number of amides is 2. The summed E-state index contributed by atoms with van der Waals surface area (Å²) in [6.45, 7) is 0. The molecule has 1 aliphatic rings. The van der Waals surface area contributed by atoms with Crippen molar-refractivity contribution in [2.75, 3.05) is 19.1 Å². The van der Waals surface area contributed by atoms with E-state index in [4.69, 9.17) is 9.47 Å². The number of hydrogen-bond acceptors (Lipinski definition) is 5. The van der Waals surface area contributed by atoms with E-state index in [2.05, 4.69) is 0 Å². The van der Waals surface area contributed by atoms with Gasteiger partial charge in [0.2, 0.25) is 0 Å². The molecule has 162 valence electrons. The Bertz CT molecular complexity index is 1240. The molecule has 4 rings (SSSR count). The molecular weight excluding hydrogens is 436 g/mol. The minimum Gasteiger partial charge on any atom is -0.493 e. The first-order chi connectivity index (χ1) is 15.4. The number of rotatable bonds is 6. The molecule has 0 N–H and O–H groups in total. The topological polar surface area (TPSA) is 55.8 Å². The summed E-state index contributed by atoms with van der Waals surface area (Å²) in [5, 5.41) is 0. The van der Waals surface area contributed by atoms with Crippen LogP contribution in [0.15, 0.2) is 76.5 Å². The molecule has 5 nitrogen and oxygen atoms in total. The van der Waals surface area contributed by atoms with E-state index >= 15 is 0 Å². The van der Waals surface area contributed by atoms with Crippen LogP contribution in [0, 0.1) is 11.6 Å². The number of carbonyl (C=O) groups is 2. The third-order valence-electron chi connectivity index (χ3n) is 4.84. The molecule has 3 aromatic carbocycles. The largest absolute Gasteiger partial charge is 0.493 e. The van der Waals surface area contributed by atoms with Crippen LogP contribution in [-0.2, 0) is 9.59 Å². The fourth-order valence-electron chi connectivity index (χ4n) is 3.32. The Morgan fingerprint density at radius 3 is 2.16 bits per heavy atom. The first-order valence-corrected chi connectivity index (χ1v) is 10.3. The maximum atomic E-state index is 13.9. The van der Waals surface area contributed by atoms with Gasteiger partial charge in [0.1, 0.15) is 0 Å². The van der Waals surface area contributed by atoms with Crippen molar-refractivity contribution in [1.82, 2.24) is 0 Å². The van der Waals surface area contributed by atoms with Crippen LogP contribution in [-0.4, -0.2) is 26.0 Å². The summed E-state index contributed by atoms with van der Waals surface area (Å²) in [4.78, 5) is 28.5. The van der Waals surface area contributed by atoms with Gasteiger partial charge in [-0.15, -0.1) is 0 Å². The molecule has 8 heteroatoms. The molecule has 1 aliphatic heterocycles. The number of hydrogen-bond donors (Lipinski definition) is 0. The molecule has 0 atom stereocenters. The Labute approximate surface area is 187 Å². The van der Waals surface area contributed by atoms with Crippen molar-refractivity contribution >= 4 is 34.8 Å². The summed E-state index contributed by atoms with van der Waals surface area (Å²) in [7, 11) is 2.95. The lowest BCUT2D eigenvalue weighted by Crippen LogP contribution is -2.31. The third-order valence-corrected chi connectivity index (χ3v) is 5.93. The molecule has 0 radical (unpaired) electrons. The van der Waals surface area contributed by atoms with Gasteiger partial charge in [0.15, 0.2) is 23.1 Å². The molecule has 3 aromatic rings. The number of halogens is 2. The molecule has 0 saturated heterocycles. The lowest BCUT2D eigenvalue weighted by molar-refractivity contribution is -0.119. The lowest BCUT2D eigenvalue weighted by Gasteiger charge is -2.15. The molecule has 0 spiro atoms. The van der Waals surface area contributed by atoms with E-state index in [0.29, 0.717) is 17.1 Å². The third kappa shape index (κ3) is 3.85. The number of anilines is 1. The number of carbonyl (C=O) groups excluding carboxylic acids is 2. The van der Waals surface area contributed by atoms with Gasteiger partial charge in [-0.05, 0) is 42.0 Å². The molecule has 0 fully saturated rings. The standard InChI is InChI=1S/C24H17F2NO4S/c1-30-19-11-8-14(12-20(19)31-2)21-22(32-16-6-4-3-5-7-16)24(29)27(23(21)28)15-9-10-17(25)18(26)13-15/h3-13H,1-2H3. The molecule has 2 amide bonds. The van der Waals surface area contributed by atoms with Crippen molar-refractivity contribution in [1.29, 1.82) is 0 Å². The van der Waals surface area contributed by atoms with E-state index in [-0.39, 0.29) is 16.2 Å². The SMILES string of the molecule is COc1ccc(C2=C(Sc3ccccc3)C(=O)N(c3ccc(F)c(F)c3)C2=O)cc1OC. The van der Waals surface area contributed by atoms with Crippen LogP contribution in [0.5, 0.6) is 11.5 Å². The number of ether oxygens (including phenoxy) is 2. The summed E-state index contributed by atoms with van der Waals surface area (Å²) in [5.74, 6) is -2.65. The summed E-state index contributed by atoms with van der Waals surface area (Å²) >= 11 is 1.12. The number of benzene rings is 3. The second kappa shape index (κ2) is 8.84. The van der Waals surface area contributed by atoms with Crippen LogP contribution in [0.25, 0.3) is 5.57 Å². The van der Waals surface area contributed by atoms with Crippen molar-refractivity contribution in [2.45, 2.75) is 4.90 Å². The van der Waals surface area contributed by atoms with E-state index in [1.165, 1.54) is 20.3 Å². The Morgan fingerprint density at radius 1 is 0.781 bits per heavy atom. The zero-order valence-corrected chi connectivity index (χ0v) is 17.9. The number of methoxy groups -OCH3 is 2. The van der Waals surface area contributed by atoms with E-state index in [0.717, 1.165) is 33.7 Å². The zero-order valence-electron chi connectivity index (χ0n) is 17.1. The molecule has 1 heterocycles. The number of nitrogens with zero attached hydrogens (tertiary/aromatic N) is 1. The molecule has 32 heavy (non-hydrogen) atoms. The quantitative estimate of drug-likeness (QED) is 0.489. The average Bonchev–Trinajstić information content (AvgIpc) is 3.05. The van der Waals surface area contributed by atoms with E-state index in [1.807, 2.05) is 30.3 Å². The molecular formula is C24H17F2NO4S. The van der Waals surface area contributed by atoms with Crippen molar-refractivity contribution in [3.63, 3.8) is 0 Å². The van der Waals surface area contributed by atoms with Crippen LogP contribution in [0.4, 0.5) is 14.5 Å². The van der Waals surface area contributed by atoms with Crippen molar-refractivity contribution < 1.29 is 27.8 Å². The van der Waals surface area contributed by atoms with Gasteiger partial charge in [-0.25, -0.2) is 13.7 Å². The molecule has 0 aromatic heterocycles. The molecule has 0 unspecified atom stereocenters. The minimum absolute atomic E-state index is 0.0551. The van der Waals surface area contributed by atoms with Crippen molar-refractivity contribution in [3.8, 4) is 11.5 Å².